The van der Waals surface area contributed by atoms with E-state index in [0.29, 0.717) is 12.8 Å². The van der Waals surface area contributed by atoms with Gasteiger partial charge in [0.15, 0.2) is 0 Å². The van der Waals surface area contributed by atoms with Crippen molar-refractivity contribution in [1.29, 1.82) is 0 Å². The predicted molar refractivity (Wildman–Crippen MR) is 166 cm³/mol. The maximum atomic E-state index is 12.2. The molecule has 0 amide bonds. The van der Waals surface area contributed by atoms with Crippen LogP contribution in [0.5, 0.6) is 0 Å². The zero-order valence-corrected chi connectivity index (χ0v) is 27.2. The van der Waals surface area contributed by atoms with Crippen LogP contribution in [0.25, 0.3) is 0 Å². The maximum absolute atomic E-state index is 12.2. The van der Waals surface area contributed by atoms with Gasteiger partial charge in [-0.3, -0.25) is 19.2 Å². The van der Waals surface area contributed by atoms with Crippen LogP contribution in [0.2, 0.25) is 0 Å². The van der Waals surface area contributed by atoms with Crippen LogP contribution in [-0.2, 0) is 58.9 Å². The van der Waals surface area contributed by atoms with Gasteiger partial charge in [0.1, 0.15) is 37.6 Å². The van der Waals surface area contributed by atoms with E-state index in [0.717, 1.165) is 44.1 Å². The molecule has 15 nitrogen and oxygen atoms in total. The Morgan fingerprint density at radius 3 is 1.81 bits per heavy atom. The van der Waals surface area contributed by atoms with Gasteiger partial charge in [-0.2, -0.15) is 0 Å². The van der Waals surface area contributed by atoms with Crippen LogP contribution in [0, 0.1) is 0 Å². The minimum absolute atomic E-state index is 0.0996. The molecule has 0 radical (unpaired) electrons. The van der Waals surface area contributed by atoms with Crippen molar-refractivity contribution in [1.82, 2.24) is 0 Å². The lowest BCUT2D eigenvalue weighted by molar-refractivity contribution is -0.237. The molecule has 1 aromatic rings. The topological polar surface area (TPSA) is 211 Å². The van der Waals surface area contributed by atoms with E-state index in [1.165, 1.54) is 0 Å². The number of carboxylic acid groups (broad SMARTS) is 3. The summed E-state index contributed by atoms with van der Waals surface area (Å²) in [4.78, 5) is 57.1. The Morgan fingerprint density at radius 2 is 1.19 bits per heavy atom. The van der Waals surface area contributed by atoms with Crippen molar-refractivity contribution in [2.75, 3.05) is 39.6 Å². The molecule has 0 aromatic heterocycles. The first-order valence-electron chi connectivity index (χ1n) is 16.3. The van der Waals surface area contributed by atoms with Crippen LogP contribution in [0.3, 0.4) is 0 Å². The smallest absolute Gasteiger partial charge is 0.481 e. The third-order valence-electron chi connectivity index (χ3n) is 7.28. The molecule has 0 aliphatic carbocycles. The minimum atomic E-state index is -1.11. The number of carboxylic acids is 3. The van der Waals surface area contributed by atoms with E-state index in [-0.39, 0.29) is 71.5 Å². The number of ether oxygens (including phenoxy) is 7. The van der Waals surface area contributed by atoms with Crippen molar-refractivity contribution in [2.45, 2.75) is 102 Å². The van der Waals surface area contributed by atoms with E-state index >= 15 is 0 Å². The number of rotatable bonds is 26. The van der Waals surface area contributed by atoms with Crippen molar-refractivity contribution >= 4 is 30.0 Å². The Morgan fingerprint density at radius 1 is 0.625 bits per heavy atom. The normalized spacial score (nSPS) is 18.9. The lowest BCUT2D eigenvalue weighted by Crippen LogP contribution is -2.58. The first kappa shape index (κ1) is 40.4. The van der Waals surface area contributed by atoms with Crippen LogP contribution >= 0.6 is 0 Å². The summed E-state index contributed by atoms with van der Waals surface area (Å²) in [6, 6.07) is 9.53. The maximum Gasteiger partial charge on any atom is 0.508 e. The second kappa shape index (κ2) is 24.4. The summed E-state index contributed by atoms with van der Waals surface area (Å²) >= 11 is 0. The van der Waals surface area contributed by atoms with Crippen molar-refractivity contribution < 1.29 is 72.5 Å². The molecule has 1 heterocycles. The van der Waals surface area contributed by atoms with Gasteiger partial charge in [-0.25, -0.2) is 4.79 Å². The molecule has 0 unspecified atom stereocenters. The number of esters is 1. The summed E-state index contributed by atoms with van der Waals surface area (Å²) < 4.78 is 38.5. The van der Waals surface area contributed by atoms with Crippen molar-refractivity contribution in [3.63, 3.8) is 0 Å². The van der Waals surface area contributed by atoms with Crippen LogP contribution in [-0.4, -0.2) is 109 Å². The van der Waals surface area contributed by atoms with E-state index in [1.807, 2.05) is 30.3 Å². The van der Waals surface area contributed by atoms with Gasteiger partial charge in [-0.05, 0) is 18.4 Å². The van der Waals surface area contributed by atoms with Crippen LogP contribution < -0.4 is 0 Å². The number of carbonyl (C=O) groups is 5. The fourth-order valence-corrected chi connectivity index (χ4v) is 4.80. The molecule has 2 rings (SSSR count). The number of carbonyl (C=O) groups excluding carboxylic acids is 2. The third-order valence-corrected chi connectivity index (χ3v) is 7.28. The zero-order valence-electron chi connectivity index (χ0n) is 27.2. The predicted octanol–water partition coefficient (Wildman–Crippen LogP) is 3.98. The highest BCUT2D eigenvalue weighted by Gasteiger charge is 2.43. The molecule has 0 spiro atoms. The molecular weight excluding hydrogens is 636 g/mol. The standard InChI is InChI=1S/C33H48O15/c34-27(35)14-18-42-25-22-46-26(32(44-20-16-29(38)39)31(25)43-19-15-28(36)37)23-48-33(41)45-17-10-5-3-1-2-4-9-13-30(40)47-21-24-11-7-6-8-12-24/h6-8,11-12,25-26,31-32H,1-5,9-10,13-23H2,(H,34,35)(H,36,37)(H,38,39)/t25-,26+,31+,32+/m0/s1. The molecule has 1 aliphatic rings. The average molecular weight is 685 g/mol. The lowest BCUT2D eigenvalue weighted by Gasteiger charge is -2.41. The van der Waals surface area contributed by atoms with Crippen LogP contribution in [0.1, 0.15) is 76.2 Å². The first-order chi connectivity index (χ1) is 23.2. The van der Waals surface area contributed by atoms with Gasteiger partial charge < -0.3 is 48.5 Å². The summed E-state index contributed by atoms with van der Waals surface area (Å²) in [6.45, 7) is -0.635. The molecule has 48 heavy (non-hydrogen) atoms. The van der Waals surface area contributed by atoms with Crippen molar-refractivity contribution in [3.05, 3.63) is 35.9 Å². The minimum Gasteiger partial charge on any atom is -0.481 e. The highest BCUT2D eigenvalue weighted by Crippen LogP contribution is 2.25. The molecule has 1 fully saturated rings. The summed E-state index contributed by atoms with van der Waals surface area (Å²) in [6.07, 6.45) is 0.832. The molecule has 4 atom stereocenters. The Kier molecular flexibility index (Phi) is 20.5. The average Bonchev–Trinajstić information content (AvgIpc) is 3.05. The van der Waals surface area contributed by atoms with E-state index in [2.05, 4.69) is 0 Å². The third kappa shape index (κ3) is 18.5. The van der Waals surface area contributed by atoms with E-state index in [1.54, 1.807) is 0 Å². The fourth-order valence-electron chi connectivity index (χ4n) is 4.80. The molecule has 15 heteroatoms. The first-order valence-corrected chi connectivity index (χ1v) is 16.3. The van der Waals surface area contributed by atoms with Gasteiger partial charge in [0.25, 0.3) is 0 Å². The number of hydrogen-bond acceptors (Lipinski definition) is 12. The molecule has 1 aromatic carbocycles. The van der Waals surface area contributed by atoms with Crippen LogP contribution in [0.4, 0.5) is 4.79 Å². The number of hydrogen-bond donors (Lipinski definition) is 3. The Hall–Kier alpha value is -3.79. The van der Waals surface area contributed by atoms with Crippen molar-refractivity contribution in [2.24, 2.45) is 0 Å². The van der Waals surface area contributed by atoms with Crippen molar-refractivity contribution in [3.8, 4) is 0 Å². The van der Waals surface area contributed by atoms with E-state index in [4.69, 9.17) is 48.5 Å². The van der Waals surface area contributed by atoms with Gasteiger partial charge in [0.05, 0.1) is 52.3 Å². The second-order valence-electron chi connectivity index (χ2n) is 11.2. The monoisotopic (exact) mass is 684 g/mol. The second-order valence-corrected chi connectivity index (χ2v) is 11.2. The van der Waals surface area contributed by atoms with Gasteiger partial charge in [0.2, 0.25) is 0 Å². The van der Waals surface area contributed by atoms with Gasteiger partial charge in [-0.15, -0.1) is 0 Å². The number of aliphatic carboxylic acids is 3. The van der Waals surface area contributed by atoms with Gasteiger partial charge in [-0.1, -0.05) is 62.4 Å². The fraction of sp³-hybridized carbons (Fsp3) is 0.667. The zero-order chi connectivity index (χ0) is 35.0. The lowest BCUT2D eigenvalue weighted by atomic mass is 9.99. The molecule has 1 aliphatic heterocycles. The summed E-state index contributed by atoms with van der Waals surface area (Å²) in [5, 5.41) is 27.0. The number of unbranched alkanes of at least 4 members (excludes halogenated alkanes) is 6. The SMILES string of the molecule is O=C(O)CCO[C@H]1[C@H](OCCC(=O)O)[C@@H](COC(=O)OCCCCCCCCCC(=O)OCc2ccccc2)OC[C@@H]1OCCC(=O)O. The highest BCUT2D eigenvalue weighted by atomic mass is 16.7. The quantitative estimate of drug-likeness (QED) is 0.0930. The number of benzene rings is 1. The van der Waals surface area contributed by atoms with Gasteiger partial charge in [0, 0.05) is 6.42 Å². The molecule has 3 N–H and O–H groups in total. The molecular formula is C33H48O15. The Balaban J connectivity index is 1.67. The highest BCUT2D eigenvalue weighted by molar-refractivity contribution is 5.69. The molecule has 1 saturated heterocycles. The van der Waals surface area contributed by atoms with E-state index in [9.17, 15) is 24.0 Å². The molecule has 0 saturated carbocycles. The van der Waals surface area contributed by atoms with Crippen LogP contribution in [0.15, 0.2) is 30.3 Å². The summed E-state index contributed by atoms with van der Waals surface area (Å²) in [5.41, 5.74) is 0.959. The molecule has 0 bridgehead atoms. The van der Waals surface area contributed by atoms with Gasteiger partial charge >= 0.3 is 30.0 Å². The summed E-state index contributed by atoms with van der Waals surface area (Å²) in [7, 11) is 0. The summed E-state index contributed by atoms with van der Waals surface area (Å²) in [5.74, 6) is -3.50. The molecule has 270 valence electrons. The Labute approximate surface area is 279 Å². The Bertz CT molecular complexity index is 1100. The largest absolute Gasteiger partial charge is 0.508 e. The van der Waals surface area contributed by atoms with E-state index < -0.39 is 48.5 Å².